The van der Waals surface area contributed by atoms with Crippen LogP contribution in [0, 0.1) is 0 Å². The summed E-state index contributed by atoms with van der Waals surface area (Å²) in [6.45, 7) is 0. The van der Waals surface area contributed by atoms with Crippen molar-refractivity contribution in [3.8, 4) is 0 Å². The first-order valence-corrected chi connectivity index (χ1v) is 4.26. The molecule has 2 atom stereocenters. The second-order valence-corrected chi connectivity index (χ2v) is 3.48. The molecular weight excluding hydrogens is 122 g/mol. The number of piperidine rings is 1. The molecule has 2 aliphatic rings. The van der Waals surface area contributed by atoms with Crippen LogP contribution in [0.25, 0.3) is 0 Å². The van der Waals surface area contributed by atoms with Crippen LogP contribution in [-0.2, 0) is 0 Å². The van der Waals surface area contributed by atoms with Crippen molar-refractivity contribution in [3.63, 3.8) is 0 Å². The maximum atomic E-state index is 2.53. The lowest BCUT2D eigenvalue weighted by molar-refractivity contribution is 0.134. The Morgan fingerprint density at radius 2 is 2.30 bits per heavy atom. The van der Waals surface area contributed by atoms with Gasteiger partial charge in [0.05, 0.1) is 0 Å². The van der Waals surface area contributed by atoms with Gasteiger partial charge < -0.3 is 0 Å². The van der Waals surface area contributed by atoms with Crippen LogP contribution < -0.4 is 0 Å². The fraction of sp³-hybridized carbons (Fsp3) is 0.778. The number of likely N-dealkylation sites (N-methyl/N-ethyl adjacent to an activating group) is 1. The Bertz CT molecular complexity index is 151. The monoisotopic (exact) mass is 137 g/mol. The highest BCUT2D eigenvalue weighted by Gasteiger charge is 2.27. The fourth-order valence-electron chi connectivity index (χ4n) is 2.15. The number of nitrogens with zero attached hydrogens (tertiary/aromatic N) is 1. The zero-order chi connectivity index (χ0) is 6.97. The number of rotatable bonds is 0. The van der Waals surface area contributed by atoms with Crippen LogP contribution in [0.1, 0.15) is 25.7 Å². The summed E-state index contributed by atoms with van der Waals surface area (Å²) in [5.74, 6) is 0. The Morgan fingerprint density at radius 1 is 1.40 bits per heavy atom. The second kappa shape index (κ2) is 2.39. The highest BCUT2D eigenvalue weighted by Crippen LogP contribution is 2.27. The highest BCUT2D eigenvalue weighted by atomic mass is 15.2. The molecule has 1 saturated heterocycles. The molecule has 0 aromatic carbocycles. The van der Waals surface area contributed by atoms with Gasteiger partial charge in [0.15, 0.2) is 0 Å². The van der Waals surface area contributed by atoms with Crippen molar-refractivity contribution in [2.75, 3.05) is 7.05 Å². The Labute approximate surface area is 62.7 Å². The molecule has 0 spiro atoms. The van der Waals surface area contributed by atoms with Crippen LogP contribution in [0.3, 0.4) is 0 Å². The van der Waals surface area contributed by atoms with E-state index in [1.54, 1.807) is 0 Å². The molecule has 0 aliphatic carbocycles. The minimum Gasteiger partial charge on any atom is -0.297 e. The first-order valence-electron chi connectivity index (χ1n) is 4.26. The van der Waals surface area contributed by atoms with Crippen LogP contribution in [-0.4, -0.2) is 24.0 Å². The maximum Gasteiger partial charge on any atom is 0.0278 e. The third kappa shape index (κ3) is 0.891. The summed E-state index contributed by atoms with van der Waals surface area (Å²) in [7, 11) is 2.26. The van der Waals surface area contributed by atoms with Gasteiger partial charge >= 0.3 is 0 Å². The predicted molar refractivity (Wildman–Crippen MR) is 42.9 cm³/mol. The highest BCUT2D eigenvalue weighted by molar-refractivity contribution is 5.04. The number of hydrogen-bond donors (Lipinski definition) is 0. The van der Waals surface area contributed by atoms with Crippen LogP contribution in [0.2, 0.25) is 0 Å². The van der Waals surface area contributed by atoms with Crippen LogP contribution in [0.5, 0.6) is 0 Å². The van der Waals surface area contributed by atoms with E-state index in [1.807, 2.05) is 0 Å². The Kier molecular flexibility index (Phi) is 1.53. The molecule has 1 nitrogen and oxygen atoms in total. The van der Waals surface area contributed by atoms with Gasteiger partial charge in [-0.25, -0.2) is 0 Å². The van der Waals surface area contributed by atoms with Crippen LogP contribution >= 0.6 is 0 Å². The topological polar surface area (TPSA) is 3.24 Å². The van der Waals surface area contributed by atoms with Crippen molar-refractivity contribution < 1.29 is 0 Å². The van der Waals surface area contributed by atoms with Crippen molar-refractivity contribution in [2.24, 2.45) is 0 Å². The average Bonchev–Trinajstić information content (AvgIpc) is 1.86. The Balaban J connectivity index is 2.17. The van der Waals surface area contributed by atoms with Crippen molar-refractivity contribution in [1.29, 1.82) is 0 Å². The average molecular weight is 137 g/mol. The fourth-order valence-corrected chi connectivity index (χ4v) is 2.15. The molecular formula is C9H15N. The smallest absolute Gasteiger partial charge is 0.0278 e. The zero-order valence-corrected chi connectivity index (χ0v) is 6.59. The first kappa shape index (κ1) is 6.41. The molecule has 2 unspecified atom stereocenters. The number of fused-ring (bicyclic) bond motifs is 2. The van der Waals surface area contributed by atoms with Gasteiger partial charge in [-0.3, -0.25) is 4.90 Å². The van der Waals surface area contributed by atoms with Crippen LogP contribution in [0.4, 0.5) is 0 Å². The minimum absolute atomic E-state index is 0.771. The molecule has 2 rings (SSSR count). The van der Waals surface area contributed by atoms with Gasteiger partial charge in [0.2, 0.25) is 0 Å². The van der Waals surface area contributed by atoms with Gasteiger partial charge in [-0.15, -0.1) is 0 Å². The van der Waals surface area contributed by atoms with Gasteiger partial charge in [0.25, 0.3) is 0 Å². The zero-order valence-electron chi connectivity index (χ0n) is 6.59. The second-order valence-electron chi connectivity index (χ2n) is 3.48. The standard InChI is InChI=1S/C9H15N/c1-10-8-4-2-5-9(10)7-3-6-8/h2,4,8-9H,3,5-7H2,1H3. The largest absolute Gasteiger partial charge is 0.297 e. The SMILES string of the molecule is CN1C2C=CCC1CCC2. The van der Waals surface area contributed by atoms with E-state index >= 15 is 0 Å². The molecule has 0 N–H and O–H groups in total. The first-order chi connectivity index (χ1) is 4.88. The molecule has 0 aromatic rings. The molecule has 2 aliphatic heterocycles. The van der Waals surface area contributed by atoms with E-state index in [9.17, 15) is 0 Å². The Hall–Kier alpha value is -0.300. The lowest BCUT2D eigenvalue weighted by Gasteiger charge is -2.40. The summed E-state index contributed by atoms with van der Waals surface area (Å²) >= 11 is 0. The molecule has 0 amide bonds. The third-order valence-electron chi connectivity index (χ3n) is 2.90. The molecule has 0 radical (unpaired) electrons. The minimum atomic E-state index is 0.771. The quantitative estimate of drug-likeness (QED) is 0.460. The van der Waals surface area contributed by atoms with Crippen molar-refractivity contribution in [2.45, 2.75) is 37.8 Å². The van der Waals surface area contributed by atoms with Gasteiger partial charge in [-0.1, -0.05) is 18.6 Å². The van der Waals surface area contributed by atoms with Gasteiger partial charge in [0.1, 0.15) is 0 Å². The normalized spacial score (nSPS) is 40.1. The lowest BCUT2D eigenvalue weighted by Crippen LogP contribution is -2.44. The maximum absolute atomic E-state index is 2.53. The summed E-state index contributed by atoms with van der Waals surface area (Å²) in [6, 6.07) is 1.64. The van der Waals surface area contributed by atoms with Crippen molar-refractivity contribution >= 4 is 0 Å². The van der Waals surface area contributed by atoms with E-state index in [2.05, 4.69) is 24.1 Å². The van der Waals surface area contributed by atoms with E-state index in [0.717, 1.165) is 12.1 Å². The van der Waals surface area contributed by atoms with Crippen molar-refractivity contribution in [3.05, 3.63) is 12.2 Å². The van der Waals surface area contributed by atoms with Crippen molar-refractivity contribution in [1.82, 2.24) is 4.90 Å². The van der Waals surface area contributed by atoms with Gasteiger partial charge in [-0.05, 0) is 26.3 Å². The predicted octanol–water partition coefficient (Wildman–Crippen LogP) is 1.80. The van der Waals surface area contributed by atoms with Crippen LogP contribution in [0.15, 0.2) is 12.2 Å². The summed E-state index contributed by atoms with van der Waals surface area (Å²) in [5, 5.41) is 0. The number of hydrogen-bond acceptors (Lipinski definition) is 1. The Morgan fingerprint density at radius 3 is 3.00 bits per heavy atom. The third-order valence-corrected chi connectivity index (χ3v) is 2.90. The summed E-state index contributed by atoms with van der Waals surface area (Å²) in [6.07, 6.45) is 10.2. The molecule has 0 saturated carbocycles. The molecule has 1 heteroatoms. The molecule has 2 bridgehead atoms. The molecule has 0 aromatic heterocycles. The molecule has 56 valence electrons. The molecule has 10 heavy (non-hydrogen) atoms. The van der Waals surface area contributed by atoms with E-state index < -0.39 is 0 Å². The molecule has 2 heterocycles. The van der Waals surface area contributed by atoms with E-state index in [4.69, 9.17) is 0 Å². The van der Waals surface area contributed by atoms with E-state index in [-0.39, 0.29) is 0 Å². The summed E-state index contributed by atoms with van der Waals surface area (Å²) < 4.78 is 0. The van der Waals surface area contributed by atoms with E-state index in [1.165, 1.54) is 25.7 Å². The van der Waals surface area contributed by atoms with Gasteiger partial charge in [0, 0.05) is 12.1 Å². The lowest BCUT2D eigenvalue weighted by atomic mass is 9.90. The molecule has 1 fully saturated rings. The van der Waals surface area contributed by atoms with E-state index in [0.29, 0.717) is 0 Å². The summed E-state index contributed by atoms with van der Waals surface area (Å²) in [5.41, 5.74) is 0. The summed E-state index contributed by atoms with van der Waals surface area (Å²) in [4.78, 5) is 2.53. The van der Waals surface area contributed by atoms with Gasteiger partial charge in [-0.2, -0.15) is 0 Å².